The van der Waals surface area contributed by atoms with Crippen LogP contribution in [-0.4, -0.2) is 13.7 Å². The standard InChI is InChI=1S/C13H26O/c1-4-6-8-9-11-13(12-14-3)10-7-5-2/h4,6,13H,5,7-12H2,1-3H3. The molecule has 0 saturated heterocycles. The Kier molecular flexibility index (Phi) is 10.5. The molecule has 0 aliphatic heterocycles. The Hall–Kier alpha value is -0.300. The van der Waals surface area contributed by atoms with Crippen LogP contribution in [-0.2, 0) is 4.74 Å². The average Bonchev–Trinajstić information content (AvgIpc) is 2.20. The van der Waals surface area contributed by atoms with E-state index < -0.39 is 0 Å². The van der Waals surface area contributed by atoms with Gasteiger partial charge in [-0.15, -0.1) is 0 Å². The average molecular weight is 198 g/mol. The van der Waals surface area contributed by atoms with Gasteiger partial charge >= 0.3 is 0 Å². The van der Waals surface area contributed by atoms with E-state index in [1.54, 1.807) is 0 Å². The Morgan fingerprint density at radius 1 is 1.21 bits per heavy atom. The first-order chi connectivity index (χ1) is 6.85. The van der Waals surface area contributed by atoms with Gasteiger partial charge in [-0.25, -0.2) is 0 Å². The maximum Gasteiger partial charge on any atom is 0.0490 e. The van der Waals surface area contributed by atoms with Gasteiger partial charge in [0.25, 0.3) is 0 Å². The molecule has 0 saturated carbocycles. The number of unbranched alkanes of at least 4 members (excludes halogenated alkanes) is 2. The van der Waals surface area contributed by atoms with Crippen molar-refractivity contribution < 1.29 is 4.74 Å². The third kappa shape index (κ3) is 8.31. The highest BCUT2D eigenvalue weighted by Crippen LogP contribution is 2.16. The zero-order valence-electron chi connectivity index (χ0n) is 10.1. The van der Waals surface area contributed by atoms with Crippen LogP contribution in [0.2, 0.25) is 0 Å². The van der Waals surface area contributed by atoms with E-state index in [-0.39, 0.29) is 0 Å². The van der Waals surface area contributed by atoms with Crippen LogP contribution in [0.1, 0.15) is 52.4 Å². The van der Waals surface area contributed by atoms with Crippen molar-refractivity contribution in [3.8, 4) is 0 Å². The highest BCUT2D eigenvalue weighted by Gasteiger charge is 2.06. The molecule has 0 aromatic rings. The summed E-state index contributed by atoms with van der Waals surface area (Å²) in [4.78, 5) is 0. The highest BCUT2D eigenvalue weighted by molar-refractivity contribution is 4.76. The Morgan fingerprint density at radius 2 is 1.93 bits per heavy atom. The summed E-state index contributed by atoms with van der Waals surface area (Å²) in [7, 11) is 1.81. The molecule has 1 heteroatoms. The number of hydrogen-bond donors (Lipinski definition) is 0. The Labute approximate surface area is 89.5 Å². The predicted octanol–water partition coefficient (Wildman–Crippen LogP) is 4.19. The second-order valence-corrected chi connectivity index (χ2v) is 3.96. The van der Waals surface area contributed by atoms with E-state index in [0.29, 0.717) is 0 Å². The van der Waals surface area contributed by atoms with E-state index in [0.717, 1.165) is 12.5 Å². The highest BCUT2D eigenvalue weighted by atomic mass is 16.5. The lowest BCUT2D eigenvalue weighted by Crippen LogP contribution is -2.08. The largest absolute Gasteiger partial charge is 0.384 e. The minimum atomic E-state index is 0.783. The van der Waals surface area contributed by atoms with Gasteiger partial charge in [0, 0.05) is 13.7 Å². The molecular weight excluding hydrogens is 172 g/mol. The summed E-state index contributed by atoms with van der Waals surface area (Å²) in [6, 6.07) is 0. The van der Waals surface area contributed by atoms with Crippen LogP contribution in [0.3, 0.4) is 0 Å². The van der Waals surface area contributed by atoms with Crippen molar-refractivity contribution in [2.75, 3.05) is 13.7 Å². The molecule has 0 heterocycles. The summed E-state index contributed by atoms with van der Waals surface area (Å²) < 4.78 is 5.24. The third-order valence-corrected chi connectivity index (χ3v) is 2.59. The first-order valence-electron chi connectivity index (χ1n) is 5.95. The summed E-state index contributed by atoms with van der Waals surface area (Å²) in [5, 5.41) is 0. The van der Waals surface area contributed by atoms with E-state index in [4.69, 9.17) is 4.74 Å². The molecular formula is C13H26O. The Morgan fingerprint density at radius 3 is 2.50 bits per heavy atom. The number of hydrogen-bond acceptors (Lipinski definition) is 1. The fraction of sp³-hybridized carbons (Fsp3) is 0.846. The smallest absolute Gasteiger partial charge is 0.0490 e. The normalized spacial score (nSPS) is 13.6. The second kappa shape index (κ2) is 10.8. The van der Waals surface area contributed by atoms with Crippen molar-refractivity contribution in [1.29, 1.82) is 0 Å². The molecule has 0 rings (SSSR count). The fourth-order valence-electron chi connectivity index (χ4n) is 1.73. The molecule has 14 heavy (non-hydrogen) atoms. The molecule has 0 aliphatic carbocycles. The topological polar surface area (TPSA) is 9.23 Å². The van der Waals surface area contributed by atoms with Crippen LogP contribution < -0.4 is 0 Å². The summed E-state index contributed by atoms with van der Waals surface area (Å²) in [5.74, 6) is 0.783. The van der Waals surface area contributed by atoms with E-state index in [1.165, 1.54) is 38.5 Å². The van der Waals surface area contributed by atoms with Gasteiger partial charge in [0.05, 0.1) is 0 Å². The number of methoxy groups -OCH3 is 1. The molecule has 0 fully saturated rings. The molecule has 0 N–H and O–H groups in total. The summed E-state index contributed by atoms with van der Waals surface area (Å²) in [5.41, 5.74) is 0. The van der Waals surface area contributed by atoms with Gasteiger partial charge in [0.15, 0.2) is 0 Å². The van der Waals surface area contributed by atoms with E-state index >= 15 is 0 Å². The molecule has 0 aromatic carbocycles. The van der Waals surface area contributed by atoms with Gasteiger partial charge in [-0.2, -0.15) is 0 Å². The quantitative estimate of drug-likeness (QED) is 0.399. The van der Waals surface area contributed by atoms with Crippen molar-refractivity contribution in [2.45, 2.75) is 52.4 Å². The van der Waals surface area contributed by atoms with Gasteiger partial charge in [-0.05, 0) is 38.5 Å². The lowest BCUT2D eigenvalue weighted by Gasteiger charge is -2.14. The van der Waals surface area contributed by atoms with Gasteiger partial charge in [0.2, 0.25) is 0 Å². The fourth-order valence-corrected chi connectivity index (χ4v) is 1.73. The zero-order chi connectivity index (χ0) is 10.6. The van der Waals surface area contributed by atoms with Gasteiger partial charge in [0.1, 0.15) is 0 Å². The Bertz CT molecular complexity index is 129. The molecule has 84 valence electrons. The van der Waals surface area contributed by atoms with Gasteiger partial charge < -0.3 is 4.74 Å². The maximum absolute atomic E-state index is 5.24. The monoisotopic (exact) mass is 198 g/mol. The van der Waals surface area contributed by atoms with Crippen LogP contribution >= 0.6 is 0 Å². The first kappa shape index (κ1) is 13.7. The van der Waals surface area contributed by atoms with Crippen molar-refractivity contribution in [3.63, 3.8) is 0 Å². The van der Waals surface area contributed by atoms with Gasteiger partial charge in [-0.3, -0.25) is 0 Å². The maximum atomic E-state index is 5.24. The van der Waals surface area contributed by atoms with Gasteiger partial charge in [-0.1, -0.05) is 31.9 Å². The Balaban J connectivity index is 3.50. The minimum Gasteiger partial charge on any atom is -0.384 e. The van der Waals surface area contributed by atoms with E-state index in [9.17, 15) is 0 Å². The lowest BCUT2D eigenvalue weighted by molar-refractivity contribution is 0.141. The minimum absolute atomic E-state index is 0.783. The number of rotatable bonds is 9. The number of allylic oxidation sites excluding steroid dienone is 2. The van der Waals surface area contributed by atoms with Crippen molar-refractivity contribution in [3.05, 3.63) is 12.2 Å². The summed E-state index contributed by atoms with van der Waals surface area (Å²) in [6.45, 7) is 5.28. The zero-order valence-corrected chi connectivity index (χ0v) is 10.1. The van der Waals surface area contributed by atoms with E-state index in [2.05, 4.69) is 26.0 Å². The predicted molar refractivity (Wildman–Crippen MR) is 63.6 cm³/mol. The third-order valence-electron chi connectivity index (χ3n) is 2.59. The molecule has 0 amide bonds. The summed E-state index contributed by atoms with van der Waals surface area (Å²) in [6.07, 6.45) is 12.2. The van der Waals surface area contributed by atoms with Crippen molar-refractivity contribution in [2.24, 2.45) is 5.92 Å². The molecule has 0 bridgehead atoms. The molecule has 1 unspecified atom stereocenters. The molecule has 0 aliphatic rings. The van der Waals surface area contributed by atoms with Crippen LogP contribution in [0.4, 0.5) is 0 Å². The summed E-state index contributed by atoms with van der Waals surface area (Å²) >= 11 is 0. The number of ether oxygens (including phenoxy) is 1. The second-order valence-electron chi connectivity index (χ2n) is 3.96. The SMILES string of the molecule is CC=CCCCC(CCCC)COC. The van der Waals surface area contributed by atoms with Crippen molar-refractivity contribution in [1.82, 2.24) is 0 Å². The van der Waals surface area contributed by atoms with Crippen LogP contribution in [0.15, 0.2) is 12.2 Å². The van der Waals surface area contributed by atoms with Crippen LogP contribution in [0.5, 0.6) is 0 Å². The molecule has 1 atom stereocenters. The van der Waals surface area contributed by atoms with Crippen molar-refractivity contribution >= 4 is 0 Å². The molecule has 0 aromatic heterocycles. The first-order valence-corrected chi connectivity index (χ1v) is 5.95. The van der Waals surface area contributed by atoms with Crippen LogP contribution in [0, 0.1) is 5.92 Å². The molecule has 1 nitrogen and oxygen atoms in total. The molecule has 0 spiro atoms. The molecule has 0 radical (unpaired) electrons. The van der Waals surface area contributed by atoms with E-state index in [1.807, 2.05) is 7.11 Å². The van der Waals surface area contributed by atoms with Crippen LogP contribution in [0.25, 0.3) is 0 Å². The lowest BCUT2D eigenvalue weighted by atomic mass is 9.97.